The summed E-state index contributed by atoms with van der Waals surface area (Å²) in [5, 5.41) is 0. The maximum absolute atomic E-state index is 12.8. The minimum atomic E-state index is 0.0999. The van der Waals surface area contributed by atoms with E-state index >= 15 is 0 Å². The second kappa shape index (κ2) is 10.2. The molecule has 1 aliphatic rings. The fraction of sp³-hybridized carbons (Fsp3) is 0.379. The van der Waals surface area contributed by atoms with Gasteiger partial charge in [-0.05, 0) is 60.9 Å². The zero-order chi connectivity index (χ0) is 23.4. The number of amides is 1. The zero-order valence-electron chi connectivity index (χ0n) is 20.3. The number of aromatic nitrogens is 2. The first-order chi connectivity index (χ1) is 15.9. The molecule has 4 heteroatoms. The molecule has 0 spiro atoms. The fourth-order valence-corrected chi connectivity index (χ4v) is 4.58. The molecule has 2 aromatic carbocycles. The van der Waals surface area contributed by atoms with E-state index in [2.05, 4.69) is 80.9 Å². The molecule has 33 heavy (non-hydrogen) atoms. The van der Waals surface area contributed by atoms with Gasteiger partial charge in [-0.3, -0.25) is 4.79 Å². The van der Waals surface area contributed by atoms with E-state index in [9.17, 15) is 4.79 Å². The van der Waals surface area contributed by atoms with Crippen LogP contribution in [-0.4, -0.2) is 33.4 Å². The van der Waals surface area contributed by atoms with Crippen LogP contribution in [0, 0.1) is 13.8 Å². The van der Waals surface area contributed by atoms with E-state index in [0.717, 1.165) is 43.9 Å². The third-order valence-corrected chi connectivity index (χ3v) is 6.76. The van der Waals surface area contributed by atoms with Gasteiger partial charge < -0.3 is 9.47 Å². The van der Waals surface area contributed by atoms with Crippen LogP contribution in [0.2, 0.25) is 0 Å². The number of benzene rings is 2. The molecule has 0 bridgehead atoms. The van der Waals surface area contributed by atoms with Crippen LogP contribution in [0.3, 0.4) is 0 Å². The highest BCUT2D eigenvalue weighted by atomic mass is 16.2. The third-order valence-electron chi connectivity index (χ3n) is 6.76. The highest BCUT2D eigenvalue weighted by Crippen LogP contribution is 2.28. The van der Waals surface area contributed by atoms with Gasteiger partial charge in [0, 0.05) is 44.0 Å². The summed E-state index contributed by atoms with van der Waals surface area (Å²) in [6, 6.07) is 15.2. The molecule has 172 valence electrons. The Balaban J connectivity index is 1.35. The molecule has 3 aromatic rings. The second-order valence-corrected chi connectivity index (χ2v) is 9.60. The summed E-state index contributed by atoms with van der Waals surface area (Å²) in [5.41, 5.74) is 6.17. The first-order valence-corrected chi connectivity index (χ1v) is 12.0. The number of carbonyl (C=O) groups excluding carboxylic acids is 1. The summed E-state index contributed by atoms with van der Waals surface area (Å²) in [7, 11) is 0. The molecule has 1 amide bonds. The Labute approximate surface area is 198 Å². The zero-order valence-corrected chi connectivity index (χ0v) is 20.3. The van der Waals surface area contributed by atoms with Crippen LogP contribution in [0.5, 0.6) is 0 Å². The molecule has 0 N–H and O–H groups in total. The minimum Gasteiger partial charge on any atom is -0.339 e. The molecule has 2 heterocycles. The summed E-state index contributed by atoms with van der Waals surface area (Å²) in [5.74, 6) is 2.18. The molecule has 1 aliphatic heterocycles. The Morgan fingerprint density at radius 2 is 1.82 bits per heavy atom. The lowest BCUT2D eigenvalue weighted by molar-refractivity contribution is -0.127. The summed E-state index contributed by atoms with van der Waals surface area (Å²) >= 11 is 0. The van der Waals surface area contributed by atoms with Crippen molar-refractivity contribution in [1.29, 1.82) is 0 Å². The van der Waals surface area contributed by atoms with Crippen molar-refractivity contribution in [2.24, 2.45) is 0 Å². The highest BCUT2D eigenvalue weighted by Gasteiger charge is 2.25. The van der Waals surface area contributed by atoms with Crippen molar-refractivity contribution < 1.29 is 4.79 Å². The van der Waals surface area contributed by atoms with Gasteiger partial charge in [-0.1, -0.05) is 61.9 Å². The molecular formula is C29H35N3O. The van der Waals surface area contributed by atoms with Crippen molar-refractivity contribution in [3.63, 3.8) is 0 Å². The van der Waals surface area contributed by atoms with Gasteiger partial charge in [-0.2, -0.15) is 0 Å². The Kier molecular flexibility index (Phi) is 7.12. The summed E-state index contributed by atoms with van der Waals surface area (Å²) in [6.45, 7) is 11.0. The van der Waals surface area contributed by atoms with E-state index in [4.69, 9.17) is 4.98 Å². The van der Waals surface area contributed by atoms with Gasteiger partial charge in [0.15, 0.2) is 0 Å². The van der Waals surface area contributed by atoms with Crippen LogP contribution in [0.4, 0.5) is 0 Å². The monoisotopic (exact) mass is 441 g/mol. The summed E-state index contributed by atoms with van der Waals surface area (Å²) in [4.78, 5) is 19.4. The van der Waals surface area contributed by atoms with Gasteiger partial charge in [0.1, 0.15) is 5.82 Å². The van der Waals surface area contributed by atoms with Crippen LogP contribution in [0.1, 0.15) is 72.2 Å². The Hall–Kier alpha value is -3.14. The average Bonchev–Trinajstić information content (AvgIpc) is 3.28. The molecule has 0 aliphatic carbocycles. The number of hydrogen-bond donors (Lipinski definition) is 0. The van der Waals surface area contributed by atoms with E-state index in [1.165, 1.54) is 22.3 Å². The van der Waals surface area contributed by atoms with Gasteiger partial charge in [-0.15, -0.1) is 0 Å². The lowest BCUT2D eigenvalue weighted by Crippen LogP contribution is -2.37. The van der Waals surface area contributed by atoms with E-state index < -0.39 is 0 Å². The van der Waals surface area contributed by atoms with Gasteiger partial charge in [0.05, 0.1) is 0 Å². The van der Waals surface area contributed by atoms with E-state index in [1.807, 2.05) is 17.2 Å². The van der Waals surface area contributed by atoms with Crippen molar-refractivity contribution in [2.45, 2.75) is 58.9 Å². The smallest absolute Gasteiger partial charge is 0.246 e. The summed E-state index contributed by atoms with van der Waals surface area (Å²) < 4.78 is 2.27. The number of rotatable bonds is 6. The van der Waals surface area contributed by atoms with Gasteiger partial charge >= 0.3 is 0 Å². The van der Waals surface area contributed by atoms with Gasteiger partial charge in [-0.25, -0.2) is 4.98 Å². The fourth-order valence-electron chi connectivity index (χ4n) is 4.58. The molecule has 0 atom stereocenters. The maximum Gasteiger partial charge on any atom is 0.246 e. The van der Waals surface area contributed by atoms with Gasteiger partial charge in [0.2, 0.25) is 5.91 Å². The van der Waals surface area contributed by atoms with E-state index in [-0.39, 0.29) is 5.91 Å². The number of hydrogen-bond acceptors (Lipinski definition) is 2. The third kappa shape index (κ3) is 5.62. The van der Waals surface area contributed by atoms with Crippen molar-refractivity contribution in [1.82, 2.24) is 14.5 Å². The van der Waals surface area contributed by atoms with Crippen LogP contribution >= 0.6 is 0 Å². The molecule has 1 aromatic heterocycles. The van der Waals surface area contributed by atoms with Crippen LogP contribution in [0.15, 0.2) is 60.9 Å². The molecule has 0 radical (unpaired) electrons. The molecule has 1 saturated heterocycles. The Morgan fingerprint density at radius 1 is 1.09 bits per heavy atom. The summed E-state index contributed by atoms with van der Waals surface area (Å²) in [6.07, 6.45) is 9.56. The number of imidazole rings is 1. The van der Waals surface area contributed by atoms with Crippen molar-refractivity contribution >= 4 is 12.0 Å². The predicted molar refractivity (Wildman–Crippen MR) is 135 cm³/mol. The van der Waals surface area contributed by atoms with Crippen molar-refractivity contribution in [3.8, 4) is 0 Å². The van der Waals surface area contributed by atoms with Gasteiger partial charge in [0.25, 0.3) is 0 Å². The number of likely N-dealkylation sites (tertiary alicyclic amines) is 1. The van der Waals surface area contributed by atoms with Crippen LogP contribution < -0.4 is 0 Å². The molecule has 4 nitrogen and oxygen atoms in total. The average molecular weight is 442 g/mol. The standard InChI is InChI=1S/C29H35N3O/c1-21(2)25-9-7-24(8-10-25)20-32-18-15-30-29(32)26-13-16-31(17-14-26)28(33)12-11-27-19-22(3)5-6-23(27)4/h5-12,15,18-19,21,26H,13-14,16-17,20H2,1-4H3. The first-order valence-electron chi connectivity index (χ1n) is 12.0. The Morgan fingerprint density at radius 3 is 2.52 bits per heavy atom. The maximum atomic E-state index is 12.8. The predicted octanol–water partition coefficient (Wildman–Crippen LogP) is 6.09. The lowest BCUT2D eigenvalue weighted by atomic mass is 9.95. The molecular weight excluding hydrogens is 406 g/mol. The first kappa shape index (κ1) is 23.0. The molecule has 0 unspecified atom stereocenters. The van der Waals surface area contributed by atoms with Crippen molar-refractivity contribution in [2.75, 3.05) is 13.1 Å². The van der Waals surface area contributed by atoms with Crippen molar-refractivity contribution in [3.05, 3.63) is 94.6 Å². The molecule has 4 rings (SSSR count). The molecule has 0 saturated carbocycles. The number of piperidine rings is 1. The topological polar surface area (TPSA) is 38.1 Å². The van der Waals surface area contributed by atoms with E-state index in [0.29, 0.717) is 11.8 Å². The van der Waals surface area contributed by atoms with Crippen LogP contribution in [0.25, 0.3) is 6.08 Å². The molecule has 1 fully saturated rings. The quantitative estimate of drug-likeness (QED) is 0.434. The number of carbonyl (C=O) groups is 1. The number of aryl methyl sites for hydroxylation is 2. The Bertz CT molecular complexity index is 1120. The van der Waals surface area contributed by atoms with E-state index in [1.54, 1.807) is 6.08 Å². The highest BCUT2D eigenvalue weighted by molar-refractivity contribution is 5.92. The number of nitrogens with zero attached hydrogens (tertiary/aromatic N) is 3. The second-order valence-electron chi connectivity index (χ2n) is 9.60. The minimum absolute atomic E-state index is 0.0999. The normalized spacial score (nSPS) is 15.0. The van der Waals surface area contributed by atoms with Crippen LogP contribution in [-0.2, 0) is 11.3 Å². The largest absolute Gasteiger partial charge is 0.339 e. The lowest BCUT2D eigenvalue weighted by Gasteiger charge is -2.31. The SMILES string of the molecule is Cc1ccc(C)c(C=CC(=O)N2CCC(c3nccn3Cc3ccc(C(C)C)cc3)CC2)c1.